The minimum atomic E-state index is -0.965. The molecule has 1 rings (SSSR count). The third-order valence-corrected chi connectivity index (χ3v) is 2.30. The van der Waals surface area contributed by atoms with Crippen molar-refractivity contribution in [3.8, 4) is 0 Å². The Kier molecular flexibility index (Phi) is 6.38. The third-order valence-electron chi connectivity index (χ3n) is 2.30. The Balaban J connectivity index is 0.00000256. The predicted octanol–water partition coefficient (Wildman–Crippen LogP) is 1.85. The molecule has 0 spiro atoms. The second-order valence-corrected chi connectivity index (χ2v) is 3.72. The zero-order valence-corrected chi connectivity index (χ0v) is 10.5. The van der Waals surface area contributed by atoms with Crippen LogP contribution in [-0.4, -0.2) is 35.9 Å². The van der Waals surface area contributed by atoms with E-state index in [-0.39, 0.29) is 24.6 Å². The van der Waals surface area contributed by atoms with Crippen molar-refractivity contribution in [2.75, 3.05) is 14.1 Å². The minimum Gasteiger partial charge on any atom is -0.294 e. The van der Waals surface area contributed by atoms with Crippen molar-refractivity contribution in [1.82, 2.24) is 4.90 Å². The molecule has 1 aromatic carbocycles. The lowest BCUT2D eigenvalue weighted by Gasteiger charge is -2.15. The average Bonchev–Trinajstić information content (AvgIpc) is 2.25. The zero-order chi connectivity index (χ0) is 12.1. The van der Waals surface area contributed by atoms with E-state index in [9.17, 15) is 14.9 Å². The molecule has 0 aromatic heterocycles. The molecule has 0 amide bonds. The zero-order valence-electron chi connectivity index (χ0n) is 9.70. The van der Waals surface area contributed by atoms with Crippen LogP contribution in [0.1, 0.15) is 16.8 Å². The number of nitro groups is 1. The molecule has 1 unspecified atom stereocenters. The number of hydrogen-bond acceptors (Lipinski definition) is 4. The summed E-state index contributed by atoms with van der Waals surface area (Å²) in [5.41, 5.74) is 0.510. The summed E-state index contributed by atoms with van der Waals surface area (Å²) in [5.74, 6) is -0.212. The van der Waals surface area contributed by atoms with Gasteiger partial charge >= 0.3 is 0 Å². The number of halogens is 1. The van der Waals surface area contributed by atoms with Gasteiger partial charge in [0.05, 0.1) is 6.42 Å². The number of ketones is 1. The van der Waals surface area contributed by atoms with E-state index < -0.39 is 11.1 Å². The molecule has 1 atom stereocenters. The van der Waals surface area contributed by atoms with Gasteiger partial charge in [0.1, 0.15) is 0 Å². The van der Waals surface area contributed by atoms with Crippen molar-refractivity contribution in [2.24, 2.45) is 0 Å². The Morgan fingerprint density at radius 1 is 1.35 bits per heavy atom. The van der Waals surface area contributed by atoms with Crippen molar-refractivity contribution in [3.63, 3.8) is 0 Å². The van der Waals surface area contributed by atoms with Gasteiger partial charge in [0.25, 0.3) is 6.17 Å². The van der Waals surface area contributed by atoms with E-state index in [1.165, 1.54) is 4.90 Å². The van der Waals surface area contributed by atoms with Gasteiger partial charge in [-0.25, -0.2) is 4.90 Å². The maximum absolute atomic E-state index is 11.7. The number of benzene rings is 1. The summed E-state index contributed by atoms with van der Waals surface area (Å²) < 4.78 is 0. The van der Waals surface area contributed by atoms with Gasteiger partial charge in [0.2, 0.25) is 0 Å². The van der Waals surface area contributed by atoms with E-state index in [0.29, 0.717) is 5.56 Å². The summed E-state index contributed by atoms with van der Waals surface area (Å²) in [5, 5.41) is 10.7. The predicted molar refractivity (Wildman–Crippen MR) is 67.1 cm³/mol. The molecule has 0 saturated heterocycles. The Morgan fingerprint density at radius 3 is 2.29 bits per heavy atom. The summed E-state index contributed by atoms with van der Waals surface area (Å²) in [4.78, 5) is 23.4. The van der Waals surface area contributed by atoms with E-state index in [2.05, 4.69) is 0 Å². The van der Waals surface area contributed by atoms with Crippen molar-refractivity contribution in [1.29, 1.82) is 0 Å². The topological polar surface area (TPSA) is 63.5 Å². The molecule has 0 aliphatic heterocycles. The summed E-state index contributed by atoms with van der Waals surface area (Å²) in [7, 11) is 3.18. The molecule has 6 heteroatoms. The molecule has 94 valence electrons. The normalized spacial score (nSPS) is 11.7. The molecule has 0 heterocycles. The number of hydrogen-bond donors (Lipinski definition) is 0. The summed E-state index contributed by atoms with van der Waals surface area (Å²) in [6.45, 7) is 0. The van der Waals surface area contributed by atoms with Crippen molar-refractivity contribution in [2.45, 2.75) is 12.6 Å². The Labute approximate surface area is 106 Å². The fourth-order valence-corrected chi connectivity index (χ4v) is 1.35. The molecule has 1 aromatic rings. The second kappa shape index (κ2) is 6.98. The van der Waals surface area contributed by atoms with Gasteiger partial charge in [0.15, 0.2) is 5.78 Å². The molecule has 0 bridgehead atoms. The molecule has 5 nitrogen and oxygen atoms in total. The van der Waals surface area contributed by atoms with Crippen molar-refractivity contribution >= 4 is 18.2 Å². The van der Waals surface area contributed by atoms with Crippen LogP contribution in [0.25, 0.3) is 0 Å². The van der Waals surface area contributed by atoms with Crippen molar-refractivity contribution < 1.29 is 9.72 Å². The number of Topliss-reactive ketones (excluding diaryl/α,β-unsaturated/α-hetero) is 1. The van der Waals surface area contributed by atoms with Gasteiger partial charge in [0, 0.05) is 10.5 Å². The molecule has 0 saturated carbocycles. The van der Waals surface area contributed by atoms with Gasteiger partial charge in [-0.2, -0.15) is 0 Å². The smallest absolute Gasteiger partial charge is 0.275 e. The maximum Gasteiger partial charge on any atom is 0.275 e. The Bertz CT molecular complexity index is 382. The lowest BCUT2D eigenvalue weighted by atomic mass is 10.1. The van der Waals surface area contributed by atoms with E-state index in [1.807, 2.05) is 0 Å². The monoisotopic (exact) mass is 258 g/mol. The van der Waals surface area contributed by atoms with Crippen molar-refractivity contribution in [3.05, 3.63) is 46.0 Å². The highest BCUT2D eigenvalue weighted by Gasteiger charge is 2.26. The SMILES string of the molecule is CN(C)C(CC(=O)c1ccccc1)[N+](=O)[O-].Cl. The fraction of sp³-hybridized carbons (Fsp3) is 0.364. The van der Waals surface area contributed by atoms with Gasteiger partial charge in [-0.05, 0) is 14.1 Å². The van der Waals surface area contributed by atoms with Gasteiger partial charge in [-0.15, -0.1) is 12.4 Å². The number of rotatable bonds is 5. The Morgan fingerprint density at radius 2 is 1.88 bits per heavy atom. The fourth-order valence-electron chi connectivity index (χ4n) is 1.35. The first-order chi connectivity index (χ1) is 7.52. The molecule has 0 fully saturated rings. The summed E-state index contributed by atoms with van der Waals surface area (Å²) >= 11 is 0. The quantitative estimate of drug-likeness (QED) is 0.350. The van der Waals surface area contributed by atoms with E-state index in [1.54, 1.807) is 44.4 Å². The lowest BCUT2D eigenvalue weighted by molar-refractivity contribution is -0.546. The number of nitrogens with zero attached hydrogens (tertiary/aromatic N) is 2. The van der Waals surface area contributed by atoms with Gasteiger partial charge in [-0.1, -0.05) is 30.3 Å². The highest BCUT2D eigenvalue weighted by molar-refractivity contribution is 5.96. The van der Waals surface area contributed by atoms with Crippen LogP contribution in [0.15, 0.2) is 30.3 Å². The standard InChI is InChI=1S/C11H14N2O3.ClH/c1-12(2)11(13(15)16)8-10(14)9-6-4-3-5-7-9;/h3-7,11H,8H2,1-2H3;1H. The molecular weight excluding hydrogens is 244 g/mol. The van der Waals surface area contributed by atoms with Crippen LogP contribution < -0.4 is 0 Å². The number of carbonyl (C=O) groups excluding carboxylic acids is 1. The highest BCUT2D eigenvalue weighted by Crippen LogP contribution is 2.08. The molecule has 0 aliphatic carbocycles. The van der Waals surface area contributed by atoms with Crippen LogP contribution in [0.2, 0.25) is 0 Å². The molecule has 17 heavy (non-hydrogen) atoms. The lowest BCUT2D eigenvalue weighted by Crippen LogP contribution is -2.37. The molecule has 0 aliphatic rings. The minimum absolute atomic E-state index is 0. The van der Waals surface area contributed by atoms with E-state index in [0.717, 1.165) is 0 Å². The third kappa shape index (κ3) is 4.50. The van der Waals surface area contributed by atoms with Crippen LogP contribution in [-0.2, 0) is 0 Å². The average molecular weight is 259 g/mol. The first-order valence-electron chi connectivity index (χ1n) is 4.90. The molecule has 0 N–H and O–H groups in total. The van der Waals surface area contributed by atoms with Gasteiger partial charge in [-0.3, -0.25) is 14.9 Å². The summed E-state index contributed by atoms with van der Waals surface area (Å²) in [6, 6.07) is 8.60. The largest absolute Gasteiger partial charge is 0.294 e. The second-order valence-electron chi connectivity index (χ2n) is 3.72. The summed E-state index contributed by atoms with van der Waals surface area (Å²) in [6.07, 6.45) is -1.07. The van der Waals surface area contributed by atoms with Crippen LogP contribution >= 0.6 is 12.4 Å². The van der Waals surface area contributed by atoms with Crippen LogP contribution in [0.4, 0.5) is 0 Å². The molecule has 0 radical (unpaired) electrons. The van der Waals surface area contributed by atoms with Gasteiger partial charge < -0.3 is 0 Å². The first-order valence-corrected chi connectivity index (χ1v) is 4.90. The molecular formula is C11H15ClN2O3. The number of carbonyl (C=O) groups is 1. The van der Waals surface area contributed by atoms with Crippen LogP contribution in [0.3, 0.4) is 0 Å². The van der Waals surface area contributed by atoms with Crippen LogP contribution in [0, 0.1) is 10.1 Å². The first kappa shape index (κ1) is 15.5. The van der Waals surface area contributed by atoms with Crippen LogP contribution in [0.5, 0.6) is 0 Å². The Hall–Kier alpha value is -1.46. The van der Waals surface area contributed by atoms with E-state index in [4.69, 9.17) is 0 Å². The maximum atomic E-state index is 11.7. The van der Waals surface area contributed by atoms with E-state index >= 15 is 0 Å². The highest BCUT2D eigenvalue weighted by atomic mass is 35.5.